The smallest absolute Gasteiger partial charge is 0.374 e. The third-order valence-corrected chi connectivity index (χ3v) is 5.14. The van der Waals surface area contributed by atoms with Crippen LogP contribution in [0.15, 0.2) is 61.2 Å². The van der Waals surface area contributed by atoms with Gasteiger partial charge in [0.25, 0.3) is 0 Å². The Kier molecular flexibility index (Phi) is 10.0. The molecule has 0 saturated carbocycles. The molecule has 8 nitrogen and oxygen atoms in total. The number of alkyl halides is 4. The molecular formula is C26H24F4N2O6. The van der Waals surface area contributed by atoms with Gasteiger partial charge in [-0.05, 0) is 31.0 Å². The zero-order chi connectivity index (χ0) is 28.5. The first kappa shape index (κ1) is 29.9. The van der Waals surface area contributed by atoms with Crippen molar-refractivity contribution in [1.29, 1.82) is 0 Å². The minimum atomic E-state index is -3.80. The number of benzene rings is 2. The molecule has 0 bridgehead atoms. The van der Waals surface area contributed by atoms with Crippen LogP contribution in [0.5, 0.6) is 0 Å². The van der Waals surface area contributed by atoms with Gasteiger partial charge in [0.15, 0.2) is 0 Å². The van der Waals surface area contributed by atoms with Crippen LogP contribution in [0.3, 0.4) is 0 Å². The molecule has 0 atom stereocenters. The van der Waals surface area contributed by atoms with Gasteiger partial charge in [-0.2, -0.15) is 17.6 Å². The van der Waals surface area contributed by atoms with E-state index in [0.29, 0.717) is 28.0 Å². The van der Waals surface area contributed by atoms with Gasteiger partial charge in [0, 0.05) is 18.4 Å². The van der Waals surface area contributed by atoms with Gasteiger partial charge in [-0.25, -0.2) is 24.4 Å². The van der Waals surface area contributed by atoms with E-state index in [1.54, 1.807) is 12.1 Å². The van der Waals surface area contributed by atoms with E-state index < -0.39 is 42.6 Å². The zero-order valence-corrected chi connectivity index (χ0v) is 20.2. The molecule has 0 saturated heterocycles. The van der Waals surface area contributed by atoms with E-state index >= 15 is 0 Å². The lowest BCUT2D eigenvalue weighted by molar-refractivity contribution is -0.165. The van der Waals surface area contributed by atoms with Crippen molar-refractivity contribution in [3.63, 3.8) is 0 Å². The fourth-order valence-electron chi connectivity index (χ4n) is 3.19. The van der Waals surface area contributed by atoms with E-state index in [2.05, 4.69) is 16.5 Å². The molecule has 2 N–H and O–H groups in total. The topological polar surface area (TPSA) is 127 Å². The lowest BCUT2D eigenvalue weighted by atomic mass is 10.0. The molecule has 0 aliphatic rings. The van der Waals surface area contributed by atoms with Crippen molar-refractivity contribution in [2.75, 3.05) is 7.11 Å². The summed E-state index contributed by atoms with van der Waals surface area (Å²) in [6, 6.07) is 13.9. The SMILES string of the molecule is C=CCC(F)(F)C(=O)O.COC(=O)c1ccc2nc(-c3ccccc3)c(CCCC(F)(F)C(=O)O)nc2c1. The number of aryl methyl sites for hydroxylation is 1. The van der Waals surface area contributed by atoms with Gasteiger partial charge in [0.05, 0.1) is 35.1 Å². The Morgan fingerprint density at radius 1 is 0.947 bits per heavy atom. The van der Waals surface area contributed by atoms with Gasteiger partial charge in [-0.1, -0.05) is 36.4 Å². The van der Waals surface area contributed by atoms with E-state index in [4.69, 9.17) is 14.9 Å². The van der Waals surface area contributed by atoms with Crippen LogP contribution >= 0.6 is 0 Å². The number of carboxylic acids is 2. The highest BCUT2D eigenvalue weighted by molar-refractivity contribution is 5.93. The molecule has 3 aromatic rings. The molecule has 202 valence electrons. The van der Waals surface area contributed by atoms with E-state index in [9.17, 15) is 31.9 Å². The molecule has 2 aromatic carbocycles. The van der Waals surface area contributed by atoms with Crippen LogP contribution < -0.4 is 0 Å². The summed E-state index contributed by atoms with van der Waals surface area (Å²) in [5, 5.41) is 16.4. The lowest BCUT2D eigenvalue weighted by Gasteiger charge is -2.13. The highest BCUT2D eigenvalue weighted by Gasteiger charge is 2.38. The summed E-state index contributed by atoms with van der Waals surface area (Å²) in [7, 11) is 1.27. The van der Waals surface area contributed by atoms with Crippen LogP contribution in [0.2, 0.25) is 0 Å². The summed E-state index contributed by atoms with van der Waals surface area (Å²) in [6.07, 6.45) is -0.733. The summed E-state index contributed by atoms with van der Waals surface area (Å²) in [4.78, 5) is 41.1. The van der Waals surface area contributed by atoms with Crippen molar-refractivity contribution in [3.8, 4) is 11.3 Å². The van der Waals surface area contributed by atoms with Crippen LogP contribution in [-0.2, 0) is 20.7 Å². The Morgan fingerprint density at radius 3 is 2.11 bits per heavy atom. The Hall–Kier alpha value is -4.35. The quantitative estimate of drug-likeness (QED) is 0.200. The molecule has 12 heteroatoms. The number of hydrogen-bond acceptors (Lipinski definition) is 6. The number of ether oxygens (including phenoxy) is 1. The van der Waals surface area contributed by atoms with Crippen LogP contribution in [0.4, 0.5) is 17.6 Å². The van der Waals surface area contributed by atoms with Crippen LogP contribution in [-0.4, -0.2) is 57.0 Å². The van der Waals surface area contributed by atoms with Crippen molar-refractivity contribution >= 4 is 28.9 Å². The largest absolute Gasteiger partial charge is 0.477 e. The van der Waals surface area contributed by atoms with Crippen molar-refractivity contribution < 1.29 is 46.9 Å². The first-order valence-corrected chi connectivity index (χ1v) is 11.1. The van der Waals surface area contributed by atoms with E-state index in [0.717, 1.165) is 11.6 Å². The number of hydrogen-bond donors (Lipinski definition) is 2. The number of aliphatic carboxylic acids is 2. The Balaban J connectivity index is 0.000000484. The second-order valence-corrected chi connectivity index (χ2v) is 7.95. The van der Waals surface area contributed by atoms with Crippen molar-refractivity contribution in [3.05, 3.63) is 72.4 Å². The van der Waals surface area contributed by atoms with Crippen molar-refractivity contribution in [1.82, 2.24) is 9.97 Å². The Labute approximate surface area is 214 Å². The summed E-state index contributed by atoms with van der Waals surface area (Å²) in [6.45, 7) is 2.98. The number of nitrogens with zero attached hydrogens (tertiary/aromatic N) is 2. The highest BCUT2D eigenvalue weighted by Crippen LogP contribution is 2.27. The first-order valence-electron chi connectivity index (χ1n) is 11.1. The van der Waals surface area contributed by atoms with Crippen LogP contribution in [0.1, 0.15) is 35.3 Å². The van der Waals surface area contributed by atoms with Crippen molar-refractivity contribution in [2.45, 2.75) is 37.5 Å². The van der Waals surface area contributed by atoms with E-state index in [-0.39, 0.29) is 12.8 Å². The highest BCUT2D eigenvalue weighted by atomic mass is 19.3. The second-order valence-electron chi connectivity index (χ2n) is 7.95. The predicted octanol–water partition coefficient (Wildman–Crippen LogP) is 5.41. The van der Waals surface area contributed by atoms with Crippen molar-refractivity contribution in [2.24, 2.45) is 0 Å². The average Bonchev–Trinajstić information content (AvgIpc) is 2.88. The van der Waals surface area contributed by atoms with Gasteiger partial charge in [0.1, 0.15) is 0 Å². The molecule has 0 amide bonds. The number of allylic oxidation sites excluding steroid dienone is 1. The van der Waals surface area contributed by atoms with Crippen LogP contribution in [0.25, 0.3) is 22.3 Å². The summed E-state index contributed by atoms with van der Waals surface area (Å²) in [5.41, 5.74) is 3.00. The van der Waals surface area contributed by atoms with Crippen LogP contribution in [0, 0.1) is 0 Å². The summed E-state index contributed by atoms with van der Waals surface area (Å²) >= 11 is 0. The van der Waals surface area contributed by atoms with E-state index in [1.807, 2.05) is 30.3 Å². The number of halogens is 4. The average molecular weight is 536 g/mol. The number of carbonyl (C=O) groups is 3. The summed E-state index contributed by atoms with van der Waals surface area (Å²) < 4.78 is 55.3. The fraction of sp³-hybridized carbons (Fsp3) is 0.269. The Bertz CT molecular complexity index is 1320. The Morgan fingerprint density at radius 2 is 1.58 bits per heavy atom. The van der Waals surface area contributed by atoms with Gasteiger partial charge in [-0.15, -0.1) is 6.58 Å². The molecule has 0 aliphatic heterocycles. The van der Waals surface area contributed by atoms with E-state index in [1.165, 1.54) is 13.2 Å². The molecule has 0 aliphatic carbocycles. The normalized spacial score (nSPS) is 11.3. The predicted molar refractivity (Wildman–Crippen MR) is 129 cm³/mol. The molecule has 0 fully saturated rings. The number of aromatic nitrogens is 2. The molecule has 0 unspecified atom stereocenters. The maximum Gasteiger partial charge on any atom is 0.374 e. The molecule has 1 aromatic heterocycles. The molecule has 0 spiro atoms. The number of methoxy groups -OCH3 is 1. The molecule has 38 heavy (non-hydrogen) atoms. The maximum absolute atomic E-state index is 13.4. The standard InChI is InChI=1S/C21H18F2N2O4.C5H6F2O2/c1-29-19(26)14-9-10-15-17(12-14)24-16(8-5-11-21(22,23)20(27)28)18(25-15)13-6-3-2-4-7-13;1-2-3-5(6,7)4(8)9/h2-4,6-7,9-10,12H,5,8,11H2,1H3,(H,27,28);2H,1,3H2,(H,8,9). The molecule has 0 radical (unpaired) electrons. The number of fused-ring (bicyclic) bond motifs is 1. The van der Waals surface area contributed by atoms with Gasteiger partial charge in [0.2, 0.25) is 0 Å². The minimum Gasteiger partial charge on any atom is -0.477 e. The molecular weight excluding hydrogens is 512 g/mol. The number of rotatable bonds is 10. The number of carboxylic acid groups (broad SMARTS) is 2. The first-order chi connectivity index (χ1) is 17.8. The van der Waals surface area contributed by atoms with Gasteiger partial charge < -0.3 is 14.9 Å². The third kappa shape index (κ3) is 7.82. The second kappa shape index (κ2) is 12.7. The fourth-order valence-corrected chi connectivity index (χ4v) is 3.19. The van der Waals surface area contributed by atoms with Gasteiger partial charge >= 0.3 is 29.8 Å². The zero-order valence-electron chi connectivity index (χ0n) is 20.2. The number of carbonyl (C=O) groups excluding carboxylic acids is 1. The van der Waals surface area contributed by atoms with Gasteiger partial charge in [-0.3, -0.25) is 0 Å². The number of esters is 1. The lowest BCUT2D eigenvalue weighted by Crippen LogP contribution is -2.28. The molecule has 1 heterocycles. The summed E-state index contributed by atoms with van der Waals surface area (Å²) in [5.74, 6) is -12.2. The molecule has 3 rings (SSSR count). The minimum absolute atomic E-state index is 0.0873. The third-order valence-electron chi connectivity index (χ3n) is 5.14. The maximum atomic E-state index is 13.4. The monoisotopic (exact) mass is 536 g/mol.